The van der Waals surface area contributed by atoms with E-state index in [2.05, 4.69) is 0 Å². The van der Waals surface area contributed by atoms with Crippen molar-refractivity contribution in [1.29, 1.82) is 0 Å². The predicted octanol–water partition coefficient (Wildman–Crippen LogP) is -1.07. The van der Waals surface area contributed by atoms with Crippen LogP contribution in [0.5, 0.6) is 0 Å². The van der Waals surface area contributed by atoms with E-state index >= 15 is 0 Å². The van der Waals surface area contributed by atoms with Gasteiger partial charge in [0.15, 0.2) is 0 Å². The number of hydrogen-bond donors (Lipinski definition) is 0. The van der Waals surface area contributed by atoms with Crippen LogP contribution in [0.25, 0.3) is 0 Å². The molecule has 0 fully saturated rings. The second kappa shape index (κ2) is 16.2. The molecule has 0 spiro atoms. The Labute approximate surface area is 105 Å². The van der Waals surface area contributed by atoms with Crippen LogP contribution in [0.1, 0.15) is 0 Å². The maximum absolute atomic E-state index is 0. The zero-order valence-corrected chi connectivity index (χ0v) is 3.00. The first-order valence-electron chi connectivity index (χ1n) is 0. The van der Waals surface area contributed by atoms with Crippen LogP contribution in [0, 0.1) is 0 Å². The molecule has 20 valence electrons. The fraction of sp³-hybridized carbons (Fsp3) is 0. The molecule has 0 saturated heterocycles. The van der Waals surface area contributed by atoms with E-state index in [1.165, 1.54) is 0 Å². The molecule has 0 unspecified atom stereocenters. The zero-order chi connectivity index (χ0) is 0. The molecule has 0 aliphatic heterocycles. The molecule has 0 radical (unpaired) electrons. The molecule has 0 aliphatic carbocycles. The average molecular weight is 132 g/mol. The van der Waals surface area contributed by atoms with Crippen molar-refractivity contribution in [3.63, 3.8) is 0 Å². The van der Waals surface area contributed by atoms with Crippen molar-refractivity contribution in [2.45, 2.75) is 0 Å². The van der Waals surface area contributed by atoms with Crippen molar-refractivity contribution in [3.8, 4) is 0 Å². The van der Waals surface area contributed by atoms with Gasteiger partial charge in [-0.05, 0) is 0 Å². The van der Waals surface area contributed by atoms with Crippen LogP contribution in [0.4, 0.5) is 0 Å². The summed E-state index contributed by atoms with van der Waals surface area (Å²) in [5, 5.41) is 0. The van der Waals surface area contributed by atoms with E-state index in [4.69, 9.17) is 0 Å². The molecule has 0 atom stereocenters. The fourth-order valence-electron chi connectivity index (χ4n) is 0. The van der Waals surface area contributed by atoms with Crippen LogP contribution in [0.2, 0.25) is 0 Å². The van der Waals surface area contributed by atoms with Gasteiger partial charge in [-0.15, -0.1) is 0 Å². The van der Waals surface area contributed by atoms with Gasteiger partial charge < -0.3 is 0 Å². The van der Waals surface area contributed by atoms with Gasteiger partial charge in [0.1, 0.15) is 0 Å². The summed E-state index contributed by atoms with van der Waals surface area (Å²) in [4.78, 5) is 0. The SMILES string of the molecule is S.S.[KH].[NaH]. The van der Waals surface area contributed by atoms with Crippen molar-refractivity contribution < 1.29 is 0 Å². The van der Waals surface area contributed by atoms with Crippen molar-refractivity contribution in [2.24, 2.45) is 0 Å². The van der Waals surface area contributed by atoms with E-state index < -0.39 is 0 Å². The molecule has 0 aromatic heterocycles. The summed E-state index contributed by atoms with van der Waals surface area (Å²) >= 11 is 0. The van der Waals surface area contributed by atoms with Gasteiger partial charge in [0.25, 0.3) is 0 Å². The molecule has 0 heterocycles. The van der Waals surface area contributed by atoms with Gasteiger partial charge in [-0.3, -0.25) is 0 Å². The molecule has 0 nitrogen and oxygen atoms in total. The van der Waals surface area contributed by atoms with Gasteiger partial charge in [0.05, 0.1) is 0 Å². The molecule has 4 heavy (non-hydrogen) atoms. The van der Waals surface area contributed by atoms with Crippen LogP contribution >= 0.6 is 27.0 Å². The monoisotopic (exact) mass is 132 g/mol. The maximum atomic E-state index is 0. The zero-order valence-electron chi connectivity index (χ0n) is 1.00. The first-order valence-corrected chi connectivity index (χ1v) is 0. The van der Waals surface area contributed by atoms with Crippen molar-refractivity contribution in [2.75, 3.05) is 0 Å². The van der Waals surface area contributed by atoms with Gasteiger partial charge in [0.2, 0.25) is 0 Å². The van der Waals surface area contributed by atoms with Crippen LogP contribution < -0.4 is 0 Å². The third-order valence-electron chi connectivity index (χ3n) is 0. The van der Waals surface area contributed by atoms with Gasteiger partial charge in [-0.1, -0.05) is 0 Å². The Morgan fingerprint density at radius 3 is 0.750 bits per heavy atom. The Hall–Kier alpha value is 3.34. The molecule has 0 aromatic rings. The van der Waals surface area contributed by atoms with Crippen LogP contribution in [-0.2, 0) is 0 Å². The van der Waals surface area contributed by atoms with Crippen molar-refractivity contribution in [3.05, 3.63) is 0 Å². The average Bonchev–Trinajstić information content (AvgIpc) is 0. The molecule has 0 aliphatic rings. The molecule has 0 rings (SSSR count). The minimum absolute atomic E-state index is 0. The van der Waals surface area contributed by atoms with E-state index in [0.29, 0.717) is 0 Å². The molecule has 0 bridgehead atoms. The Bertz CT molecular complexity index is 6.00. The molecule has 0 saturated carbocycles. The number of hydrogen-bond acceptors (Lipinski definition) is 0. The van der Waals surface area contributed by atoms with Crippen LogP contribution in [0.3, 0.4) is 0 Å². The van der Waals surface area contributed by atoms with E-state index in [-0.39, 0.29) is 108 Å². The van der Waals surface area contributed by atoms with E-state index in [9.17, 15) is 0 Å². The predicted molar refractivity (Wildman–Crippen MR) is 35.1 cm³/mol. The summed E-state index contributed by atoms with van der Waals surface area (Å²) in [7, 11) is 0. The Kier molecular flexibility index (Phi) is 107. The molecule has 0 N–H and O–H groups in total. The summed E-state index contributed by atoms with van der Waals surface area (Å²) in [6.07, 6.45) is 0. The van der Waals surface area contributed by atoms with Crippen LogP contribution in [-0.4, -0.2) is 80.9 Å². The quantitative estimate of drug-likeness (QED) is 0.368. The molecular formula is H6KNaS2. The topological polar surface area (TPSA) is 0 Å². The summed E-state index contributed by atoms with van der Waals surface area (Å²) in [6, 6.07) is 0. The molecule has 4 heteroatoms. The van der Waals surface area contributed by atoms with Crippen LogP contribution in [0.15, 0.2) is 0 Å². The Balaban J connectivity index is 0. The first kappa shape index (κ1) is 26.5. The van der Waals surface area contributed by atoms with Crippen molar-refractivity contribution >= 4 is 108 Å². The first-order chi connectivity index (χ1) is 0. The molecular weight excluding hydrogens is 126 g/mol. The minimum atomic E-state index is 0. The molecule has 0 aromatic carbocycles. The second-order valence-corrected chi connectivity index (χ2v) is 0. The second-order valence-electron chi connectivity index (χ2n) is 0. The van der Waals surface area contributed by atoms with E-state index in [1.807, 2.05) is 0 Å². The van der Waals surface area contributed by atoms with E-state index in [1.54, 1.807) is 0 Å². The van der Waals surface area contributed by atoms with Gasteiger partial charge >= 0.3 is 80.9 Å². The third kappa shape index (κ3) is 9.01. The summed E-state index contributed by atoms with van der Waals surface area (Å²) in [5.41, 5.74) is 0. The van der Waals surface area contributed by atoms with Gasteiger partial charge in [0, 0.05) is 0 Å². The van der Waals surface area contributed by atoms with Gasteiger partial charge in [-0.2, -0.15) is 27.0 Å². The van der Waals surface area contributed by atoms with E-state index in [0.717, 1.165) is 0 Å². The molecule has 0 amide bonds. The summed E-state index contributed by atoms with van der Waals surface area (Å²) in [5.74, 6) is 0. The normalized spacial score (nSPS) is 0. The Morgan fingerprint density at radius 1 is 0.750 bits per heavy atom. The third-order valence-corrected chi connectivity index (χ3v) is 0. The van der Waals surface area contributed by atoms with Crippen molar-refractivity contribution in [1.82, 2.24) is 0 Å². The number of rotatable bonds is 0. The Morgan fingerprint density at radius 2 is 0.750 bits per heavy atom. The fourth-order valence-corrected chi connectivity index (χ4v) is 0. The van der Waals surface area contributed by atoms with Gasteiger partial charge in [-0.25, -0.2) is 0 Å². The summed E-state index contributed by atoms with van der Waals surface area (Å²) in [6.45, 7) is 0. The standard InChI is InChI=1S/K.Na.2H2S.2H/h;;2*1H2;;. The summed E-state index contributed by atoms with van der Waals surface area (Å²) < 4.78 is 0.